The highest BCUT2D eigenvalue weighted by molar-refractivity contribution is 6.08. The summed E-state index contributed by atoms with van der Waals surface area (Å²) in [6.07, 6.45) is 1.91. The molecule has 3 unspecified atom stereocenters. The maximum absolute atomic E-state index is 11.7. The van der Waals surface area contributed by atoms with Gasteiger partial charge in [0, 0.05) is 0 Å². The monoisotopic (exact) mass is 225 g/mol. The molecule has 1 N–H and O–H groups in total. The topological polar surface area (TPSA) is 57.6 Å². The third kappa shape index (κ3) is 1.75. The molecule has 1 aliphatic carbocycles. The van der Waals surface area contributed by atoms with Crippen LogP contribution < -0.4 is 0 Å². The van der Waals surface area contributed by atoms with E-state index in [2.05, 4.69) is 0 Å². The quantitative estimate of drug-likeness (QED) is 0.704. The van der Waals surface area contributed by atoms with E-state index in [1.165, 1.54) is 4.90 Å². The van der Waals surface area contributed by atoms with Crippen molar-refractivity contribution in [1.29, 1.82) is 0 Å². The Morgan fingerprint density at radius 3 is 2.19 bits per heavy atom. The molecule has 0 aromatic heterocycles. The summed E-state index contributed by atoms with van der Waals surface area (Å²) in [6, 6.07) is 0. The van der Waals surface area contributed by atoms with E-state index < -0.39 is 6.10 Å². The second kappa shape index (κ2) is 4.17. The maximum Gasteiger partial charge on any atom is 0.233 e. The number of fused-ring (bicyclic) bond motifs is 1. The largest absolute Gasteiger partial charge is 0.391 e. The van der Waals surface area contributed by atoms with Gasteiger partial charge in [0.1, 0.15) is 0 Å². The highest BCUT2D eigenvalue weighted by Gasteiger charge is 2.58. The minimum atomic E-state index is -0.569. The number of rotatable bonds is 5. The summed E-state index contributed by atoms with van der Waals surface area (Å²) in [7, 11) is 0. The van der Waals surface area contributed by atoms with Crippen molar-refractivity contribution < 1.29 is 14.7 Å². The van der Waals surface area contributed by atoms with Crippen LogP contribution in [0.4, 0.5) is 0 Å². The Hall–Kier alpha value is -0.900. The standard InChI is InChI=1S/C12H19NO3/c1-3-7(4-2)10(14)6-13-11(15)8-5-9(8)12(13)16/h7-10,14H,3-6H2,1-2H3. The Morgan fingerprint density at radius 2 is 1.75 bits per heavy atom. The summed E-state index contributed by atoms with van der Waals surface area (Å²) in [4.78, 5) is 24.6. The zero-order chi connectivity index (χ0) is 11.9. The molecule has 0 radical (unpaired) electrons. The molecular formula is C12H19NO3. The molecule has 2 aliphatic rings. The van der Waals surface area contributed by atoms with E-state index in [1.807, 2.05) is 13.8 Å². The van der Waals surface area contributed by atoms with Crippen LogP contribution >= 0.6 is 0 Å². The Kier molecular flexibility index (Phi) is 3.02. The fourth-order valence-electron chi connectivity index (χ4n) is 2.60. The first-order valence-electron chi connectivity index (χ1n) is 6.13. The van der Waals surface area contributed by atoms with Crippen molar-refractivity contribution in [2.75, 3.05) is 6.54 Å². The number of imide groups is 1. The van der Waals surface area contributed by atoms with Crippen LogP contribution in [0.2, 0.25) is 0 Å². The van der Waals surface area contributed by atoms with Crippen molar-refractivity contribution >= 4 is 11.8 Å². The number of carbonyl (C=O) groups is 2. The molecule has 1 heterocycles. The number of hydrogen-bond acceptors (Lipinski definition) is 3. The number of aliphatic hydroxyl groups excluding tert-OH is 1. The van der Waals surface area contributed by atoms with E-state index in [0.717, 1.165) is 19.3 Å². The van der Waals surface area contributed by atoms with E-state index in [0.29, 0.717) is 0 Å². The molecule has 1 aliphatic heterocycles. The van der Waals surface area contributed by atoms with Gasteiger partial charge in [0.25, 0.3) is 0 Å². The van der Waals surface area contributed by atoms with Crippen molar-refractivity contribution in [3.05, 3.63) is 0 Å². The van der Waals surface area contributed by atoms with Gasteiger partial charge in [0.15, 0.2) is 0 Å². The third-order valence-corrected chi connectivity index (χ3v) is 3.92. The summed E-state index contributed by atoms with van der Waals surface area (Å²) in [5.41, 5.74) is 0. The summed E-state index contributed by atoms with van der Waals surface area (Å²) in [5, 5.41) is 9.96. The summed E-state index contributed by atoms with van der Waals surface area (Å²) < 4.78 is 0. The first-order chi connectivity index (χ1) is 7.60. The number of carbonyl (C=O) groups excluding carboxylic acids is 2. The average molecular weight is 225 g/mol. The van der Waals surface area contributed by atoms with Crippen molar-refractivity contribution in [1.82, 2.24) is 4.90 Å². The first-order valence-corrected chi connectivity index (χ1v) is 6.13. The average Bonchev–Trinajstić information content (AvgIpc) is 3.01. The van der Waals surface area contributed by atoms with Crippen LogP contribution in [0.3, 0.4) is 0 Å². The van der Waals surface area contributed by atoms with Crippen molar-refractivity contribution in [2.24, 2.45) is 17.8 Å². The van der Waals surface area contributed by atoms with Crippen LogP contribution in [0.1, 0.15) is 33.1 Å². The van der Waals surface area contributed by atoms with Gasteiger partial charge < -0.3 is 5.11 Å². The number of β-amino-alcohol motifs (C(OH)–C–C–N with tert-alkyl or cyclic N) is 1. The maximum atomic E-state index is 11.7. The molecule has 90 valence electrons. The number of amides is 2. The summed E-state index contributed by atoms with van der Waals surface area (Å²) in [6.45, 7) is 4.22. The Morgan fingerprint density at radius 1 is 1.25 bits per heavy atom. The first kappa shape index (κ1) is 11.6. The van der Waals surface area contributed by atoms with E-state index in [9.17, 15) is 14.7 Å². The molecule has 1 saturated heterocycles. The van der Waals surface area contributed by atoms with Crippen molar-refractivity contribution in [3.63, 3.8) is 0 Å². The number of hydrogen-bond donors (Lipinski definition) is 1. The normalized spacial score (nSPS) is 29.9. The molecule has 0 bridgehead atoms. The third-order valence-electron chi connectivity index (χ3n) is 3.92. The molecule has 2 rings (SSSR count). The van der Waals surface area contributed by atoms with Gasteiger partial charge in [-0.05, 0) is 12.3 Å². The van der Waals surface area contributed by atoms with Gasteiger partial charge in [-0.2, -0.15) is 0 Å². The minimum Gasteiger partial charge on any atom is -0.391 e. The van der Waals surface area contributed by atoms with Crippen LogP contribution in [-0.2, 0) is 9.59 Å². The second-order valence-corrected chi connectivity index (χ2v) is 4.88. The summed E-state index contributed by atoms with van der Waals surface area (Å²) >= 11 is 0. The molecule has 2 fully saturated rings. The van der Waals surface area contributed by atoms with Crippen LogP contribution in [0, 0.1) is 17.8 Å². The number of likely N-dealkylation sites (tertiary alicyclic amines) is 1. The molecule has 4 heteroatoms. The fourth-order valence-corrected chi connectivity index (χ4v) is 2.60. The van der Waals surface area contributed by atoms with E-state index >= 15 is 0 Å². The Bertz CT molecular complexity index is 291. The SMILES string of the molecule is CCC(CC)C(O)CN1C(=O)C2CC2C1=O. The van der Waals surface area contributed by atoms with Crippen LogP contribution in [-0.4, -0.2) is 34.5 Å². The zero-order valence-corrected chi connectivity index (χ0v) is 9.85. The van der Waals surface area contributed by atoms with E-state index in [4.69, 9.17) is 0 Å². The smallest absolute Gasteiger partial charge is 0.233 e. The molecule has 3 atom stereocenters. The van der Waals surface area contributed by atoms with E-state index in [-0.39, 0.29) is 36.1 Å². The lowest BCUT2D eigenvalue weighted by atomic mass is 9.96. The molecule has 1 saturated carbocycles. The highest BCUT2D eigenvalue weighted by Crippen LogP contribution is 2.47. The van der Waals surface area contributed by atoms with Gasteiger partial charge in [-0.3, -0.25) is 14.5 Å². The molecule has 0 aromatic carbocycles. The lowest BCUT2D eigenvalue weighted by Gasteiger charge is -2.25. The molecule has 2 amide bonds. The number of piperidine rings is 1. The predicted octanol–water partition coefficient (Wildman–Crippen LogP) is 0.788. The molecule has 16 heavy (non-hydrogen) atoms. The van der Waals surface area contributed by atoms with Gasteiger partial charge in [-0.25, -0.2) is 0 Å². The zero-order valence-electron chi connectivity index (χ0n) is 9.85. The Balaban J connectivity index is 1.94. The van der Waals surface area contributed by atoms with Gasteiger partial charge >= 0.3 is 0 Å². The van der Waals surface area contributed by atoms with Crippen molar-refractivity contribution in [2.45, 2.75) is 39.2 Å². The lowest BCUT2D eigenvalue weighted by Crippen LogP contribution is -2.41. The predicted molar refractivity (Wildman–Crippen MR) is 58.4 cm³/mol. The second-order valence-electron chi connectivity index (χ2n) is 4.88. The highest BCUT2D eigenvalue weighted by atomic mass is 16.3. The van der Waals surface area contributed by atoms with Crippen LogP contribution in [0.25, 0.3) is 0 Å². The van der Waals surface area contributed by atoms with Gasteiger partial charge in [-0.15, -0.1) is 0 Å². The number of aliphatic hydroxyl groups is 1. The Labute approximate surface area is 95.6 Å². The molecular weight excluding hydrogens is 206 g/mol. The molecule has 0 spiro atoms. The fraction of sp³-hybridized carbons (Fsp3) is 0.833. The summed E-state index contributed by atoms with van der Waals surface area (Å²) in [5.74, 6) is -0.0691. The van der Waals surface area contributed by atoms with E-state index in [1.54, 1.807) is 0 Å². The van der Waals surface area contributed by atoms with Crippen LogP contribution in [0.5, 0.6) is 0 Å². The van der Waals surface area contributed by atoms with Crippen molar-refractivity contribution in [3.8, 4) is 0 Å². The molecule has 4 nitrogen and oxygen atoms in total. The van der Waals surface area contributed by atoms with Gasteiger partial charge in [0.05, 0.1) is 24.5 Å². The van der Waals surface area contributed by atoms with Gasteiger partial charge in [-0.1, -0.05) is 26.7 Å². The lowest BCUT2D eigenvalue weighted by molar-refractivity contribution is -0.143. The molecule has 0 aromatic rings. The minimum absolute atomic E-state index is 0.0543. The van der Waals surface area contributed by atoms with Gasteiger partial charge in [0.2, 0.25) is 11.8 Å². The van der Waals surface area contributed by atoms with Crippen LogP contribution in [0.15, 0.2) is 0 Å². The number of nitrogens with zero attached hydrogens (tertiary/aromatic N) is 1.